The fourth-order valence-corrected chi connectivity index (χ4v) is 1.47. The smallest absolute Gasteiger partial charge is 0.101 e. The standard InChI is InChI=1S/C11H14N2S/c1-13(7-4-8-14)11-6-3-2-5-10(11)9-12/h2-3,5-6,14H,4,7-8H2,1H3. The molecule has 0 radical (unpaired) electrons. The second-order valence-corrected chi connectivity index (χ2v) is 3.57. The van der Waals surface area contributed by atoms with Crippen molar-refractivity contribution < 1.29 is 0 Å². The van der Waals surface area contributed by atoms with Crippen molar-refractivity contribution in [3.63, 3.8) is 0 Å². The quantitative estimate of drug-likeness (QED) is 0.765. The highest BCUT2D eigenvalue weighted by atomic mass is 32.1. The molecule has 0 N–H and O–H groups in total. The van der Waals surface area contributed by atoms with Crippen LogP contribution in [-0.4, -0.2) is 19.3 Å². The lowest BCUT2D eigenvalue weighted by Gasteiger charge is -2.19. The summed E-state index contributed by atoms with van der Waals surface area (Å²) in [6, 6.07) is 9.84. The summed E-state index contributed by atoms with van der Waals surface area (Å²) in [5, 5.41) is 8.90. The van der Waals surface area contributed by atoms with E-state index in [9.17, 15) is 0 Å². The number of anilines is 1. The predicted molar refractivity (Wildman–Crippen MR) is 62.9 cm³/mol. The van der Waals surface area contributed by atoms with E-state index in [0.717, 1.165) is 30.0 Å². The third kappa shape index (κ3) is 2.68. The number of hydrogen-bond acceptors (Lipinski definition) is 3. The summed E-state index contributed by atoms with van der Waals surface area (Å²) in [7, 11) is 2.00. The van der Waals surface area contributed by atoms with Crippen LogP contribution in [0.3, 0.4) is 0 Å². The van der Waals surface area contributed by atoms with Gasteiger partial charge in [0.05, 0.1) is 11.3 Å². The molecular weight excluding hydrogens is 192 g/mol. The maximum Gasteiger partial charge on any atom is 0.101 e. The molecule has 3 heteroatoms. The van der Waals surface area contributed by atoms with E-state index in [0.29, 0.717) is 0 Å². The van der Waals surface area contributed by atoms with Crippen LogP contribution in [0.1, 0.15) is 12.0 Å². The molecule has 0 fully saturated rings. The predicted octanol–water partition coefficient (Wildman–Crippen LogP) is 2.31. The molecule has 1 rings (SSSR count). The van der Waals surface area contributed by atoms with Crippen LogP contribution in [0.25, 0.3) is 0 Å². The Bertz CT molecular complexity index is 330. The zero-order valence-corrected chi connectivity index (χ0v) is 9.17. The molecule has 0 aromatic heterocycles. The highest BCUT2D eigenvalue weighted by Crippen LogP contribution is 2.17. The van der Waals surface area contributed by atoms with Crippen LogP contribution in [0.5, 0.6) is 0 Å². The van der Waals surface area contributed by atoms with E-state index in [1.807, 2.05) is 31.3 Å². The van der Waals surface area contributed by atoms with Crippen molar-refractivity contribution in [3.05, 3.63) is 29.8 Å². The van der Waals surface area contributed by atoms with Gasteiger partial charge in [0.1, 0.15) is 6.07 Å². The van der Waals surface area contributed by atoms with Gasteiger partial charge in [-0.2, -0.15) is 17.9 Å². The lowest BCUT2D eigenvalue weighted by atomic mass is 10.2. The molecule has 0 amide bonds. The van der Waals surface area contributed by atoms with E-state index in [2.05, 4.69) is 23.6 Å². The van der Waals surface area contributed by atoms with Gasteiger partial charge in [-0.05, 0) is 24.3 Å². The van der Waals surface area contributed by atoms with Gasteiger partial charge >= 0.3 is 0 Å². The summed E-state index contributed by atoms with van der Waals surface area (Å²) in [6.45, 7) is 0.933. The van der Waals surface area contributed by atoms with Crippen molar-refractivity contribution in [2.45, 2.75) is 6.42 Å². The number of para-hydroxylation sites is 1. The van der Waals surface area contributed by atoms with E-state index >= 15 is 0 Å². The Hall–Kier alpha value is -1.14. The van der Waals surface area contributed by atoms with Gasteiger partial charge in [-0.25, -0.2) is 0 Å². The number of rotatable bonds is 4. The first-order chi connectivity index (χ1) is 6.79. The highest BCUT2D eigenvalue weighted by Gasteiger charge is 2.04. The Morgan fingerprint density at radius 2 is 2.14 bits per heavy atom. The molecule has 1 aromatic rings. The summed E-state index contributed by atoms with van der Waals surface area (Å²) in [5.74, 6) is 0.874. The zero-order chi connectivity index (χ0) is 10.4. The Balaban J connectivity index is 2.79. The molecule has 0 bridgehead atoms. The van der Waals surface area contributed by atoms with E-state index in [4.69, 9.17) is 5.26 Å². The maximum atomic E-state index is 8.90. The Morgan fingerprint density at radius 3 is 2.79 bits per heavy atom. The summed E-state index contributed by atoms with van der Waals surface area (Å²) < 4.78 is 0. The van der Waals surface area contributed by atoms with Gasteiger partial charge in [0.2, 0.25) is 0 Å². The molecule has 0 aliphatic heterocycles. The average Bonchev–Trinajstić information content (AvgIpc) is 2.25. The van der Waals surface area contributed by atoms with Crippen molar-refractivity contribution >= 4 is 18.3 Å². The van der Waals surface area contributed by atoms with Gasteiger partial charge in [-0.3, -0.25) is 0 Å². The molecule has 0 saturated carbocycles. The van der Waals surface area contributed by atoms with Crippen LogP contribution in [0, 0.1) is 11.3 Å². The molecule has 0 unspecified atom stereocenters. The van der Waals surface area contributed by atoms with Gasteiger partial charge in [0, 0.05) is 13.6 Å². The first-order valence-corrected chi connectivity index (χ1v) is 5.24. The van der Waals surface area contributed by atoms with Crippen molar-refractivity contribution in [1.29, 1.82) is 5.26 Å². The van der Waals surface area contributed by atoms with E-state index in [-0.39, 0.29) is 0 Å². The Kier molecular flexibility index (Phi) is 4.34. The molecule has 0 spiro atoms. The lowest BCUT2D eigenvalue weighted by Crippen LogP contribution is -2.19. The van der Waals surface area contributed by atoms with E-state index < -0.39 is 0 Å². The lowest BCUT2D eigenvalue weighted by molar-refractivity contribution is 0.860. The second-order valence-electron chi connectivity index (χ2n) is 3.13. The molecule has 2 nitrogen and oxygen atoms in total. The maximum absolute atomic E-state index is 8.90. The third-order valence-electron chi connectivity index (χ3n) is 2.09. The van der Waals surface area contributed by atoms with Gasteiger partial charge in [0.25, 0.3) is 0 Å². The molecule has 0 aliphatic carbocycles. The van der Waals surface area contributed by atoms with Crippen molar-refractivity contribution in [2.75, 3.05) is 24.2 Å². The summed E-state index contributed by atoms with van der Waals surface area (Å²) >= 11 is 4.16. The van der Waals surface area contributed by atoms with Gasteiger partial charge in [-0.1, -0.05) is 12.1 Å². The molecule has 0 saturated heterocycles. The molecule has 0 heterocycles. The van der Waals surface area contributed by atoms with Crippen molar-refractivity contribution in [2.24, 2.45) is 0 Å². The van der Waals surface area contributed by atoms with Crippen molar-refractivity contribution in [1.82, 2.24) is 0 Å². The number of nitrogens with zero attached hydrogens (tertiary/aromatic N) is 2. The minimum atomic E-state index is 0.731. The number of benzene rings is 1. The number of hydrogen-bond donors (Lipinski definition) is 1. The summed E-state index contributed by atoms with van der Waals surface area (Å²) in [6.07, 6.45) is 1.03. The number of nitriles is 1. The average molecular weight is 206 g/mol. The van der Waals surface area contributed by atoms with Gasteiger partial charge < -0.3 is 4.90 Å². The Labute approximate surface area is 90.6 Å². The minimum absolute atomic E-state index is 0.731. The molecule has 1 aromatic carbocycles. The third-order valence-corrected chi connectivity index (χ3v) is 2.40. The van der Waals surface area contributed by atoms with E-state index in [1.165, 1.54) is 0 Å². The van der Waals surface area contributed by atoms with Crippen LogP contribution < -0.4 is 4.90 Å². The monoisotopic (exact) mass is 206 g/mol. The van der Waals surface area contributed by atoms with Crippen molar-refractivity contribution in [3.8, 4) is 6.07 Å². The molecule has 0 aliphatic rings. The molecule has 0 atom stereocenters. The Morgan fingerprint density at radius 1 is 1.43 bits per heavy atom. The summed E-state index contributed by atoms with van der Waals surface area (Å²) in [5.41, 5.74) is 1.73. The van der Waals surface area contributed by atoms with Crippen LogP contribution in [0.4, 0.5) is 5.69 Å². The van der Waals surface area contributed by atoms with Crippen LogP contribution >= 0.6 is 12.6 Å². The summed E-state index contributed by atoms with van der Waals surface area (Å²) in [4.78, 5) is 2.09. The second kappa shape index (κ2) is 5.56. The zero-order valence-electron chi connectivity index (χ0n) is 8.27. The first kappa shape index (κ1) is 10.9. The van der Waals surface area contributed by atoms with Gasteiger partial charge in [0.15, 0.2) is 0 Å². The molecule has 74 valence electrons. The first-order valence-electron chi connectivity index (χ1n) is 4.60. The fourth-order valence-electron chi connectivity index (χ4n) is 1.33. The number of thiol groups is 1. The SMILES string of the molecule is CN(CCCS)c1ccccc1C#N. The van der Waals surface area contributed by atoms with E-state index in [1.54, 1.807) is 0 Å². The van der Waals surface area contributed by atoms with Crippen LogP contribution in [-0.2, 0) is 0 Å². The van der Waals surface area contributed by atoms with Crippen LogP contribution in [0.15, 0.2) is 24.3 Å². The van der Waals surface area contributed by atoms with Crippen LogP contribution in [0.2, 0.25) is 0 Å². The van der Waals surface area contributed by atoms with Gasteiger partial charge in [-0.15, -0.1) is 0 Å². The fraction of sp³-hybridized carbons (Fsp3) is 0.364. The topological polar surface area (TPSA) is 27.0 Å². The minimum Gasteiger partial charge on any atom is -0.374 e. The normalized spacial score (nSPS) is 9.50. The largest absolute Gasteiger partial charge is 0.374 e. The molecule has 14 heavy (non-hydrogen) atoms. The highest BCUT2D eigenvalue weighted by molar-refractivity contribution is 7.80. The molecular formula is C11H14N2S.